The molecule has 0 saturated heterocycles. The average molecular weight is 304 g/mol. The third-order valence-corrected chi connectivity index (χ3v) is 3.20. The van der Waals surface area contributed by atoms with Crippen molar-refractivity contribution < 1.29 is 23.1 Å². The van der Waals surface area contributed by atoms with Crippen LogP contribution in [0.3, 0.4) is 0 Å². The summed E-state index contributed by atoms with van der Waals surface area (Å²) in [4.78, 5) is 0. The summed E-state index contributed by atoms with van der Waals surface area (Å²) in [6.45, 7) is 3.69. The molecule has 0 aliphatic carbocycles. The summed E-state index contributed by atoms with van der Waals surface area (Å²) in [7, 11) is 0. The number of amidine groups is 1. The fourth-order valence-electron chi connectivity index (χ4n) is 1.79. The van der Waals surface area contributed by atoms with E-state index in [1.807, 2.05) is 0 Å². The van der Waals surface area contributed by atoms with Gasteiger partial charge in [-0.05, 0) is 25.0 Å². The van der Waals surface area contributed by atoms with E-state index < -0.39 is 17.2 Å². The maximum atomic E-state index is 12.8. The molecule has 0 fully saturated rings. The van der Waals surface area contributed by atoms with E-state index in [1.54, 1.807) is 13.8 Å². The van der Waals surface area contributed by atoms with Gasteiger partial charge in [-0.3, -0.25) is 0 Å². The molecule has 0 amide bonds. The van der Waals surface area contributed by atoms with Crippen LogP contribution in [0.25, 0.3) is 0 Å². The highest BCUT2D eigenvalue weighted by atomic mass is 19.4. The van der Waals surface area contributed by atoms with Gasteiger partial charge in [0.05, 0.1) is 12.2 Å². The molecule has 0 aromatic heterocycles. The van der Waals surface area contributed by atoms with Crippen LogP contribution in [0.1, 0.15) is 32.3 Å². The summed E-state index contributed by atoms with van der Waals surface area (Å²) < 4.78 is 43.5. The molecule has 0 aliphatic rings. The Labute approximate surface area is 121 Å². The number of hydrogen-bond acceptors (Lipinski definition) is 3. The lowest BCUT2D eigenvalue weighted by atomic mass is 9.87. The molecule has 21 heavy (non-hydrogen) atoms. The van der Waals surface area contributed by atoms with Gasteiger partial charge in [-0.2, -0.15) is 13.2 Å². The third kappa shape index (κ3) is 4.84. The first kappa shape index (κ1) is 17.1. The van der Waals surface area contributed by atoms with Crippen molar-refractivity contribution in [2.75, 3.05) is 6.61 Å². The lowest BCUT2D eigenvalue weighted by molar-refractivity contribution is -0.139. The van der Waals surface area contributed by atoms with Crippen molar-refractivity contribution in [1.29, 1.82) is 0 Å². The molecule has 0 unspecified atom stereocenters. The monoisotopic (exact) mass is 304 g/mol. The van der Waals surface area contributed by atoms with Gasteiger partial charge in [-0.15, -0.1) is 0 Å². The standard InChI is InChI=1S/C14H19F3N2O2/c1-13(2,12(18)19-20)8-5-9-21-11-7-4-3-6-10(11)14(15,16)17/h3-4,6-7,20H,5,8-9H2,1-2H3,(H2,18,19). The fraction of sp³-hybridized carbons (Fsp3) is 0.500. The lowest BCUT2D eigenvalue weighted by Crippen LogP contribution is -2.32. The third-order valence-electron chi connectivity index (χ3n) is 3.20. The number of oxime groups is 1. The molecule has 0 radical (unpaired) electrons. The second kappa shape index (κ2) is 6.69. The highest BCUT2D eigenvalue weighted by Crippen LogP contribution is 2.36. The zero-order valence-electron chi connectivity index (χ0n) is 11.9. The molecule has 0 atom stereocenters. The molecule has 1 aromatic carbocycles. The Kier molecular flexibility index (Phi) is 5.46. The minimum absolute atomic E-state index is 0.0817. The Bertz CT molecular complexity index is 499. The van der Waals surface area contributed by atoms with E-state index in [4.69, 9.17) is 15.7 Å². The first-order chi connectivity index (χ1) is 9.68. The molecular formula is C14H19F3N2O2. The second-order valence-corrected chi connectivity index (χ2v) is 5.32. The molecule has 7 heteroatoms. The van der Waals surface area contributed by atoms with Crippen LogP contribution in [-0.4, -0.2) is 17.6 Å². The van der Waals surface area contributed by atoms with Gasteiger partial charge in [0.1, 0.15) is 11.6 Å². The molecule has 0 bridgehead atoms. The number of para-hydroxylation sites is 1. The number of halogens is 3. The second-order valence-electron chi connectivity index (χ2n) is 5.32. The molecule has 1 rings (SSSR count). The average Bonchev–Trinajstić information content (AvgIpc) is 2.42. The van der Waals surface area contributed by atoms with Crippen molar-refractivity contribution in [3.05, 3.63) is 29.8 Å². The first-order valence-electron chi connectivity index (χ1n) is 6.45. The number of rotatable bonds is 6. The molecule has 1 aromatic rings. The van der Waals surface area contributed by atoms with Crippen LogP contribution in [0.5, 0.6) is 5.75 Å². The molecule has 0 aliphatic heterocycles. The van der Waals surface area contributed by atoms with Gasteiger partial charge in [0.15, 0.2) is 0 Å². The SMILES string of the molecule is CC(C)(CCCOc1ccccc1C(F)(F)F)C(N)=NO. The zero-order valence-corrected chi connectivity index (χ0v) is 11.9. The van der Waals surface area contributed by atoms with Crippen LogP contribution in [0, 0.1) is 5.41 Å². The maximum absolute atomic E-state index is 12.8. The summed E-state index contributed by atoms with van der Waals surface area (Å²) in [5.41, 5.74) is 4.20. The van der Waals surface area contributed by atoms with Crippen LogP contribution in [0.4, 0.5) is 13.2 Å². The van der Waals surface area contributed by atoms with Crippen molar-refractivity contribution in [3.8, 4) is 5.75 Å². The van der Waals surface area contributed by atoms with Gasteiger partial charge in [0, 0.05) is 5.41 Å². The predicted molar refractivity (Wildman–Crippen MR) is 73.4 cm³/mol. The molecule has 0 heterocycles. The summed E-state index contributed by atoms with van der Waals surface area (Å²) in [5.74, 6) is -0.107. The Hall–Kier alpha value is -1.92. The van der Waals surface area contributed by atoms with Crippen molar-refractivity contribution in [3.63, 3.8) is 0 Å². The Morgan fingerprint density at radius 2 is 1.90 bits per heavy atom. The van der Waals surface area contributed by atoms with Crippen LogP contribution in [0.2, 0.25) is 0 Å². The lowest BCUT2D eigenvalue weighted by Gasteiger charge is -2.22. The van der Waals surface area contributed by atoms with E-state index in [0.29, 0.717) is 12.8 Å². The summed E-state index contributed by atoms with van der Waals surface area (Å²) in [5, 5.41) is 11.6. The van der Waals surface area contributed by atoms with Gasteiger partial charge in [-0.1, -0.05) is 31.1 Å². The van der Waals surface area contributed by atoms with E-state index in [-0.39, 0.29) is 18.2 Å². The van der Waals surface area contributed by atoms with Crippen molar-refractivity contribution in [1.82, 2.24) is 0 Å². The van der Waals surface area contributed by atoms with Gasteiger partial charge < -0.3 is 15.7 Å². The predicted octanol–water partition coefficient (Wildman–Crippen LogP) is 3.64. The van der Waals surface area contributed by atoms with Crippen LogP contribution >= 0.6 is 0 Å². The largest absolute Gasteiger partial charge is 0.493 e. The minimum atomic E-state index is -4.44. The number of benzene rings is 1. The number of hydrogen-bond donors (Lipinski definition) is 2. The van der Waals surface area contributed by atoms with E-state index in [0.717, 1.165) is 6.07 Å². The fourth-order valence-corrected chi connectivity index (χ4v) is 1.79. The number of nitrogens with two attached hydrogens (primary N) is 1. The van der Waals surface area contributed by atoms with Crippen molar-refractivity contribution >= 4 is 5.84 Å². The quantitative estimate of drug-likeness (QED) is 0.277. The summed E-state index contributed by atoms with van der Waals surface area (Å²) in [6.07, 6.45) is -3.43. The number of nitrogens with zero attached hydrogens (tertiary/aromatic N) is 1. The molecule has 0 saturated carbocycles. The van der Waals surface area contributed by atoms with Gasteiger partial charge in [0.25, 0.3) is 0 Å². The first-order valence-corrected chi connectivity index (χ1v) is 6.45. The minimum Gasteiger partial charge on any atom is -0.493 e. The molecular weight excluding hydrogens is 285 g/mol. The highest BCUT2D eigenvalue weighted by Gasteiger charge is 2.34. The van der Waals surface area contributed by atoms with Gasteiger partial charge in [0.2, 0.25) is 0 Å². The molecule has 0 spiro atoms. The van der Waals surface area contributed by atoms with Gasteiger partial charge >= 0.3 is 6.18 Å². The summed E-state index contributed by atoms with van der Waals surface area (Å²) >= 11 is 0. The van der Waals surface area contributed by atoms with Gasteiger partial charge in [-0.25, -0.2) is 0 Å². The molecule has 3 N–H and O–H groups in total. The molecule has 4 nitrogen and oxygen atoms in total. The van der Waals surface area contributed by atoms with E-state index >= 15 is 0 Å². The smallest absolute Gasteiger partial charge is 0.419 e. The Morgan fingerprint density at radius 3 is 2.48 bits per heavy atom. The summed E-state index contributed by atoms with van der Waals surface area (Å²) in [6, 6.07) is 5.08. The van der Waals surface area contributed by atoms with Crippen LogP contribution in [-0.2, 0) is 6.18 Å². The Balaban J connectivity index is 2.59. The van der Waals surface area contributed by atoms with Crippen molar-refractivity contribution in [2.24, 2.45) is 16.3 Å². The number of ether oxygens (including phenoxy) is 1. The topological polar surface area (TPSA) is 67.8 Å². The normalized spacial score (nSPS) is 13.3. The van der Waals surface area contributed by atoms with E-state index in [9.17, 15) is 13.2 Å². The van der Waals surface area contributed by atoms with E-state index in [1.165, 1.54) is 18.2 Å². The van der Waals surface area contributed by atoms with Crippen LogP contribution < -0.4 is 10.5 Å². The maximum Gasteiger partial charge on any atom is 0.419 e. The van der Waals surface area contributed by atoms with Crippen LogP contribution in [0.15, 0.2) is 29.4 Å². The van der Waals surface area contributed by atoms with Crippen molar-refractivity contribution in [2.45, 2.75) is 32.9 Å². The van der Waals surface area contributed by atoms with E-state index in [2.05, 4.69) is 5.16 Å². The Morgan fingerprint density at radius 1 is 1.29 bits per heavy atom. The number of alkyl halides is 3. The zero-order chi connectivity index (χ0) is 16.1. The highest BCUT2D eigenvalue weighted by molar-refractivity contribution is 5.85. The molecule has 118 valence electrons.